The molecule has 10 rings (SSSR count). The molecule has 1 aromatic heterocycles. The molecule has 0 N–H and O–H groups in total. The van der Waals surface area contributed by atoms with E-state index in [1.807, 2.05) is 11.3 Å². The van der Waals surface area contributed by atoms with Crippen LogP contribution in [0.3, 0.4) is 0 Å². The smallest absolute Gasteiger partial charge is 0.0468 e. The van der Waals surface area contributed by atoms with Crippen molar-refractivity contribution in [3.8, 4) is 44.5 Å². The van der Waals surface area contributed by atoms with Crippen molar-refractivity contribution in [2.24, 2.45) is 0 Å². The molecule has 0 aliphatic carbocycles. The van der Waals surface area contributed by atoms with Gasteiger partial charge in [-0.15, -0.1) is 11.3 Å². The van der Waals surface area contributed by atoms with Crippen molar-refractivity contribution in [2.75, 3.05) is 4.90 Å². The van der Waals surface area contributed by atoms with E-state index in [1.165, 1.54) is 75.5 Å². The Morgan fingerprint density at radius 1 is 0.259 bits per heavy atom. The molecule has 0 aliphatic rings. The van der Waals surface area contributed by atoms with Crippen LogP contribution in [0.5, 0.6) is 0 Å². The minimum atomic E-state index is 1.11. The fourth-order valence-electron chi connectivity index (χ4n) is 7.64. The average Bonchev–Trinajstić information content (AvgIpc) is 3.63. The first-order chi connectivity index (χ1) is 26.7. The van der Waals surface area contributed by atoms with Crippen molar-refractivity contribution < 1.29 is 0 Å². The van der Waals surface area contributed by atoms with Crippen LogP contribution in [0.1, 0.15) is 0 Å². The van der Waals surface area contributed by atoms with E-state index in [2.05, 4.69) is 217 Å². The maximum absolute atomic E-state index is 2.38. The summed E-state index contributed by atoms with van der Waals surface area (Å²) in [5.41, 5.74) is 13.1. The first-order valence-electron chi connectivity index (χ1n) is 18.4. The Labute approximate surface area is 319 Å². The SMILES string of the molecule is c1ccc(-c2ccc(-c3ccc(N(c4ccc(-c5cccc(-c6ccc7ccccc7c6)c5)cc4)c4ccc5sc6ccccc6c5c4)cc3)cc2)cc1. The molecule has 1 heterocycles. The number of thiophene rings is 1. The van der Waals surface area contributed by atoms with Crippen LogP contribution in [0.15, 0.2) is 212 Å². The molecular formula is C52H35NS. The summed E-state index contributed by atoms with van der Waals surface area (Å²) in [5.74, 6) is 0. The molecule has 254 valence electrons. The summed E-state index contributed by atoms with van der Waals surface area (Å²) in [6.07, 6.45) is 0. The third-order valence-corrected chi connectivity index (χ3v) is 11.6. The molecule has 0 saturated heterocycles. The van der Waals surface area contributed by atoms with Gasteiger partial charge in [0.25, 0.3) is 0 Å². The number of nitrogens with zero attached hydrogens (tertiary/aromatic N) is 1. The molecule has 0 atom stereocenters. The molecule has 10 aromatic rings. The molecule has 0 bridgehead atoms. The van der Waals surface area contributed by atoms with Crippen LogP contribution in [0.4, 0.5) is 17.1 Å². The molecule has 0 unspecified atom stereocenters. The summed E-state index contributed by atoms with van der Waals surface area (Å²) in [6, 6.07) is 77.2. The van der Waals surface area contributed by atoms with Gasteiger partial charge in [0, 0.05) is 37.2 Å². The molecule has 0 amide bonds. The highest BCUT2D eigenvalue weighted by Gasteiger charge is 2.16. The summed E-state index contributed by atoms with van der Waals surface area (Å²) < 4.78 is 2.62. The Balaban J connectivity index is 1.01. The van der Waals surface area contributed by atoms with E-state index >= 15 is 0 Å². The third-order valence-electron chi connectivity index (χ3n) is 10.5. The maximum Gasteiger partial charge on any atom is 0.0468 e. The summed E-state index contributed by atoms with van der Waals surface area (Å²) >= 11 is 1.85. The van der Waals surface area contributed by atoms with E-state index in [9.17, 15) is 0 Å². The predicted octanol–water partition coefficient (Wildman–Crippen LogP) is 15.3. The highest BCUT2D eigenvalue weighted by atomic mass is 32.1. The zero-order chi connectivity index (χ0) is 35.8. The molecule has 0 fully saturated rings. The number of rotatable bonds is 7. The van der Waals surface area contributed by atoms with Crippen LogP contribution in [0.2, 0.25) is 0 Å². The Morgan fingerprint density at radius 2 is 0.722 bits per heavy atom. The zero-order valence-electron chi connectivity index (χ0n) is 29.6. The van der Waals surface area contributed by atoms with Gasteiger partial charge in [0.2, 0.25) is 0 Å². The molecule has 2 heteroatoms. The molecule has 0 spiro atoms. The first-order valence-corrected chi connectivity index (χ1v) is 19.2. The summed E-state index contributed by atoms with van der Waals surface area (Å²) in [4.78, 5) is 2.38. The largest absolute Gasteiger partial charge is 0.310 e. The van der Waals surface area contributed by atoms with Crippen LogP contribution in [-0.4, -0.2) is 0 Å². The van der Waals surface area contributed by atoms with E-state index in [4.69, 9.17) is 0 Å². The van der Waals surface area contributed by atoms with Gasteiger partial charge in [-0.2, -0.15) is 0 Å². The quantitative estimate of drug-likeness (QED) is 0.160. The predicted molar refractivity (Wildman–Crippen MR) is 233 cm³/mol. The Morgan fingerprint density at radius 3 is 1.43 bits per heavy atom. The molecular weight excluding hydrogens is 671 g/mol. The second-order valence-corrected chi connectivity index (χ2v) is 14.9. The highest BCUT2D eigenvalue weighted by molar-refractivity contribution is 7.25. The average molecular weight is 706 g/mol. The second-order valence-electron chi connectivity index (χ2n) is 13.8. The molecule has 1 nitrogen and oxygen atoms in total. The van der Waals surface area contributed by atoms with Gasteiger partial charge < -0.3 is 4.90 Å². The van der Waals surface area contributed by atoms with Gasteiger partial charge in [-0.05, 0) is 116 Å². The minimum Gasteiger partial charge on any atom is -0.310 e. The fraction of sp³-hybridized carbons (Fsp3) is 0. The van der Waals surface area contributed by atoms with Crippen molar-refractivity contribution in [1.82, 2.24) is 0 Å². The lowest BCUT2D eigenvalue weighted by Crippen LogP contribution is -2.09. The molecule has 0 aliphatic heterocycles. The minimum absolute atomic E-state index is 1.11. The molecule has 9 aromatic carbocycles. The van der Waals surface area contributed by atoms with E-state index in [1.54, 1.807) is 0 Å². The van der Waals surface area contributed by atoms with Crippen molar-refractivity contribution in [3.63, 3.8) is 0 Å². The highest BCUT2D eigenvalue weighted by Crippen LogP contribution is 2.41. The first kappa shape index (κ1) is 32.0. The fourth-order valence-corrected chi connectivity index (χ4v) is 8.73. The summed E-state index contributed by atoms with van der Waals surface area (Å²) in [7, 11) is 0. The van der Waals surface area contributed by atoms with E-state index in [0.29, 0.717) is 0 Å². The number of hydrogen-bond acceptors (Lipinski definition) is 2. The van der Waals surface area contributed by atoms with Gasteiger partial charge in [-0.3, -0.25) is 0 Å². The van der Waals surface area contributed by atoms with Gasteiger partial charge in [0.15, 0.2) is 0 Å². The lowest BCUT2D eigenvalue weighted by Gasteiger charge is -2.26. The van der Waals surface area contributed by atoms with Crippen molar-refractivity contribution in [1.29, 1.82) is 0 Å². The van der Waals surface area contributed by atoms with Gasteiger partial charge in [-0.1, -0.05) is 152 Å². The normalized spacial score (nSPS) is 11.3. The number of hydrogen-bond donors (Lipinski definition) is 0. The van der Waals surface area contributed by atoms with Crippen LogP contribution >= 0.6 is 11.3 Å². The van der Waals surface area contributed by atoms with Crippen molar-refractivity contribution in [3.05, 3.63) is 212 Å². The zero-order valence-corrected chi connectivity index (χ0v) is 30.4. The molecule has 0 saturated carbocycles. The lowest BCUT2D eigenvalue weighted by molar-refractivity contribution is 1.29. The number of benzene rings is 9. The lowest BCUT2D eigenvalue weighted by atomic mass is 9.97. The van der Waals surface area contributed by atoms with E-state index in [0.717, 1.165) is 17.1 Å². The topological polar surface area (TPSA) is 3.24 Å². The second kappa shape index (κ2) is 13.7. The summed E-state index contributed by atoms with van der Waals surface area (Å²) in [5, 5.41) is 5.11. The van der Waals surface area contributed by atoms with Crippen LogP contribution < -0.4 is 4.90 Å². The van der Waals surface area contributed by atoms with Crippen LogP contribution in [-0.2, 0) is 0 Å². The Hall–Kier alpha value is -6.74. The number of fused-ring (bicyclic) bond motifs is 4. The van der Waals surface area contributed by atoms with E-state index in [-0.39, 0.29) is 0 Å². The Kier molecular flexibility index (Phi) is 8.09. The van der Waals surface area contributed by atoms with Gasteiger partial charge in [0.05, 0.1) is 0 Å². The van der Waals surface area contributed by atoms with Crippen molar-refractivity contribution in [2.45, 2.75) is 0 Å². The van der Waals surface area contributed by atoms with Crippen LogP contribution in [0.25, 0.3) is 75.5 Å². The monoisotopic (exact) mass is 705 g/mol. The molecule has 0 radical (unpaired) electrons. The standard InChI is InChI=1S/C52H35NS/c1-2-9-36(10-3-1)38-17-19-39(20-18-38)40-23-27-46(28-24-40)53(48-31-32-52-50(35-48)49-15-6-7-16-51(49)54-52)47-29-25-41(26-30-47)43-13-8-14-44(33-43)45-22-21-37-11-4-5-12-42(37)34-45/h1-35H. The van der Waals surface area contributed by atoms with Gasteiger partial charge in [0.1, 0.15) is 0 Å². The van der Waals surface area contributed by atoms with Crippen LogP contribution in [0, 0.1) is 0 Å². The maximum atomic E-state index is 2.38. The third kappa shape index (κ3) is 6.03. The molecule has 54 heavy (non-hydrogen) atoms. The Bertz CT molecular complexity index is 2900. The van der Waals surface area contributed by atoms with E-state index < -0.39 is 0 Å². The summed E-state index contributed by atoms with van der Waals surface area (Å²) in [6.45, 7) is 0. The number of anilines is 3. The van der Waals surface area contributed by atoms with Gasteiger partial charge in [-0.25, -0.2) is 0 Å². The van der Waals surface area contributed by atoms with Crippen molar-refractivity contribution >= 4 is 59.3 Å². The van der Waals surface area contributed by atoms with Gasteiger partial charge >= 0.3 is 0 Å².